The Morgan fingerprint density at radius 1 is 1.15 bits per heavy atom. The van der Waals surface area contributed by atoms with Crippen LogP contribution in [0.2, 0.25) is 0 Å². The molecule has 2 aromatic heterocycles. The van der Waals surface area contributed by atoms with Gasteiger partial charge in [0.25, 0.3) is 0 Å². The van der Waals surface area contributed by atoms with Crippen molar-refractivity contribution in [2.24, 2.45) is 0 Å². The van der Waals surface area contributed by atoms with E-state index in [2.05, 4.69) is 9.97 Å². The van der Waals surface area contributed by atoms with Crippen LogP contribution < -0.4 is 0 Å². The van der Waals surface area contributed by atoms with Crippen molar-refractivity contribution in [3.05, 3.63) is 65.2 Å². The summed E-state index contributed by atoms with van der Waals surface area (Å²) < 4.78 is 40.1. The molecule has 0 atom stereocenters. The third-order valence-corrected chi connectivity index (χ3v) is 2.93. The van der Waals surface area contributed by atoms with Crippen molar-refractivity contribution in [2.75, 3.05) is 0 Å². The van der Waals surface area contributed by atoms with E-state index >= 15 is 0 Å². The molecule has 20 heavy (non-hydrogen) atoms. The zero-order valence-corrected chi connectivity index (χ0v) is 9.95. The molecule has 1 N–H and O–H groups in total. The highest BCUT2D eigenvalue weighted by Gasteiger charge is 2.22. The molecule has 0 saturated heterocycles. The molecule has 1 aromatic carbocycles. The number of ketones is 1. The molecule has 100 valence electrons. The van der Waals surface area contributed by atoms with Crippen LogP contribution in [0.3, 0.4) is 0 Å². The maximum absolute atomic E-state index is 13.6. The zero-order valence-electron chi connectivity index (χ0n) is 9.95. The van der Waals surface area contributed by atoms with Gasteiger partial charge in [0.1, 0.15) is 23.1 Å². The van der Waals surface area contributed by atoms with E-state index in [4.69, 9.17) is 0 Å². The summed E-state index contributed by atoms with van der Waals surface area (Å²) in [5.41, 5.74) is -0.271. The first-order valence-electron chi connectivity index (χ1n) is 5.69. The van der Waals surface area contributed by atoms with Gasteiger partial charge in [0.15, 0.2) is 0 Å². The van der Waals surface area contributed by atoms with Crippen LogP contribution in [0, 0.1) is 17.5 Å². The Balaban J connectivity index is 2.19. The second kappa shape index (κ2) is 4.48. The minimum atomic E-state index is -1.23. The number of benzene rings is 1. The molecule has 0 spiro atoms. The number of fused-ring (bicyclic) bond motifs is 1. The molecule has 3 nitrogen and oxygen atoms in total. The van der Waals surface area contributed by atoms with Crippen molar-refractivity contribution in [1.29, 1.82) is 0 Å². The number of hydrogen-bond acceptors (Lipinski definition) is 2. The maximum atomic E-state index is 13.6. The Hall–Kier alpha value is -2.63. The number of carbonyl (C=O) groups excluding carboxylic acids is 1. The van der Waals surface area contributed by atoms with E-state index < -0.39 is 28.8 Å². The number of halogens is 3. The van der Waals surface area contributed by atoms with Crippen molar-refractivity contribution < 1.29 is 18.0 Å². The van der Waals surface area contributed by atoms with Crippen LogP contribution in [0.15, 0.2) is 36.7 Å². The molecule has 3 rings (SSSR count). The Morgan fingerprint density at radius 2 is 1.85 bits per heavy atom. The molecule has 2 heterocycles. The summed E-state index contributed by atoms with van der Waals surface area (Å²) >= 11 is 0. The summed E-state index contributed by atoms with van der Waals surface area (Å²) in [6, 6.07) is 4.16. The molecule has 0 aliphatic heterocycles. The van der Waals surface area contributed by atoms with Gasteiger partial charge in [0, 0.05) is 35.5 Å². The molecule has 0 amide bonds. The molecule has 0 aliphatic carbocycles. The third-order valence-electron chi connectivity index (χ3n) is 2.93. The Labute approximate surface area is 111 Å². The van der Waals surface area contributed by atoms with Crippen LogP contribution >= 0.6 is 0 Å². The summed E-state index contributed by atoms with van der Waals surface area (Å²) in [5, 5.41) is 0.445. The number of H-pyrrole nitrogens is 1. The fourth-order valence-corrected chi connectivity index (χ4v) is 2.04. The van der Waals surface area contributed by atoms with Gasteiger partial charge < -0.3 is 4.98 Å². The number of hydrogen-bond donors (Lipinski definition) is 1. The fraction of sp³-hybridized carbons (Fsp3) is 0. The highest BCUT2D eigenvalue weighted by molar-refractivity contribution is 6.16. The van der Waals surface area contributed by atoms with Gasteiger partial charge in [-0.3, -0.25) is 4.79 Å². The van der Waals surface area contributed by atoms with Crippen LogP contribution in [-0.4, -0.2) is 15.8 Å². The summed E-state index contributed by atoms with van der Waals surface area (Å²) in [7, 11) is 0. The number of carbonyl (C=O) groups is 1. The van der Waals surface area contributed by atoms with Gasteiger partial charge in [-0.2, -0.15) is 0 Å². The van der Waals surface area contributed by atoms with E-state index in [1.807, 2.05) is 0 Å². The van der Waals surface area contributed by atoms with Gasteiger partial charge in [-0.1, -0.05) is 0 Å². The van der Waals surface area contributed by atoms with E-state index in [1.165, 1.54) is 12.4 Å². The summed E-state index contributed by atoms with van der Waals surface area (Å²) in [6.45, 7) is 0. The molecule has 0 bridgehead atoms. The van der Waals surface area contributed by atoms with Gasteiger partial charge in [-0.25, -0.2) is 18.2 Å². The number of aromatic nitrogens is 2. The summed E-state index contributed by atoms with van der Waals surface area (Å²) in [4.78, 5) is 18.9. The first kappa shape index (κ1) is 12.4. The van der Waals surface area contributed by atoms with Gasteiger partial charge in [0.05, 0.1) is 5.56 Å². The molecule has 0 fully saturated rings. The van der Waals surface area contributed by atoms with Gasteiger partial charge in [-0.15, -0.1) is 0 Å². The number of rotatable bonds is 2. The minimum Gasteiger partial charge on any atom is -0.345 e. The average Bonchev–Trinajstić information content (AvgIpc) is 2.81. The van der Waals surface area contributed by atoms with E-state index in [0.29, 0.717) is 23.2 Å². The van der Waals surface area contributed by atoms with Crippen molar-refractivity contribution in [2.45, 2.75) is 0 Å². The van der Waals surface area contributed by atoms with Crippen molar-refractivity contribution in [1.82, 2.24) is 9.97 Å². The molecule has 3 aromatic rings. The summed E-state index contributed by atoms with van der Waals surface area (Å²) in [5.74, 6) is -4.40. The molecule has 6 heteroatoms. The van der Waals surface area contributed by atoms with E-state index in [0.717, 1.165) is 0 Å². The SMILES string of the molecule is O=C(c1c(F)cc(F)cc1F)c1c[nH]c2ncccc12. The van der Waals surface area contributed by atoms with Crippen molar-refractivity contribution >= 4 is 16.8 Å². The first-order valence-corrected chi connectivity index (χ1v) is 5.69. The topological polar surface area (TPSA) is 45.8 Å². The zero-order chi connectivity index (χ0) is 14.3. The molecule has 0 aliphatic rings. The van der Waals surface area contributed by atoms with Gasteiger partial charge in [0.2, 0.25) is 5.78 Å². The van der Waals surface area contributed by atoms with Crippen LogP contribution in [-0.2, 0) is 0 Å². The smallest absolute Gasteiger partial charge is 0.201 e. The average molecular weight is 276 g/mol. The quantitative estimate of drug-likeness (QED) is 0.730. The van der Waals surface area contributed by atoms with Crippen LogP contribution in [0.4, 0.5) is 13.2 Å². The van der Waals surface area contributed by atoms with Crippen LogP contribution in [0.1, 0.15) is 15.9 Å². The fourth-order valence-electron chi connectivity index (χ4n) is 2.04. The normalized spacial score (nSPS) is 10.9. The second-order valence-corrected chi connectivity index (χ2v) is 4.18. The minimum absolute atomic E-state index is 0.0810. The largest absolute Gasteiger partial charge is 0.345 e. The lowest BCUT2D eigenvalue weighted by atomic mass is 10.0. The standard InChI is InChI=1S/C14H7F3N2O/c15-7-4-10(16)12(11(17)5-7)13(20)9-6-19-14-8(9)2-1-3-18-14/h1-6H,(H,18,19). The number of nitrogens with zero attached hydrogens (tertiary/aromatic N) is 1. The first-order chi connectivity index (χ1) is 9.58. The van der Waals surface area contributed by atoms with Crippen LogP contribution in [0.5, 0.6) is 0 Å². The third kappa shape index (κ3) is 1.85. The lowest BCUT2D eigenvalue weighted by Gasteiger charge is -2.03. The van der Waals surface area contributed by atoms with Crippen molar-refractivity contribution in [3.8, 4) is 0 Å². The van der Waals surface area contributed by atoms with Gasteiger partial charge >= 0.3 is 0 Å². The van der Waals surface area contributed by atoms with E-state index in [9.17, 15) is 18.0 Å². The number of aromatic amines is 1. The lowest BCUT2D eigenvalue weighted by molar-refractivity contribution is 0.103. The monoisotopic (exact) mass is 276 g/mol. The maximum Gasteiger partial charge on any atom is 0.201 e. The van der Waals surface area contributed by atoms with Gasteiger partial charge in [-0.05, 0) is 12.1 Å². The molecule has 0 unspecified atom stereocenters. The summed E-state index contributed by atoms with van der Waals surface area (Å²) in [6.07, 6.45) is 2.84. The highest BCUT2D eigenvalue weighted by atomic mass is 19.1. The second-order valence-electron chi connectivity index (χ2n) is 4.18. The molecule has 0 radical (unpaired) electrons. The Kier molecular flexibility index (Phi) is 2.78. The molecule has 0 saturated carbocycles. The predicted octanol–water partition coefficient (Wildman–Crippen LogP) is 3.21. The van der Waals surface area contributed by atoms with E-state index in [1.54, 1.807) is 12.1 Å². The lowest BCUT2D eigenvalue weighted by Crippen LogP contribution is -2.07. The van der Waals surface area contributed by atoms with Crippen molar-refractivity contribution in [3.63, 3.8) is 0 Å². The predicted molar refractivity (Wildman–Crippen MR) is 65.8 cm³/mol. The van der Waals surface area contributed by atoms with Crippen LogP contribution in [0.25, 0.3) is 11.0 Å². The molecular formula is C14H7F3N2O. The number of pyridine rings is 1. The highest BCUT2D eigenvalue weighted by Crippen LogP contribution is 2.23. The van der Waals surface area contributed by atoms with E-state index in [-0.39, 0.29) is 5.56 Å². The molecular weight excluding hydrogens is 269 g/mol. The Morgan fingerprint density at radius 3 is 2.55 bits per heavy atom. The number of nitrogens with one attached hydrogen (secondary N) is 1. The Bertz CT molecular complexity index is 803.